The summed E-state index contributed by atoms with van der Waals surface area (Å²) >= 11 is 4.38. The molecule has 1 fully saturated rings. The van der Waals surface area contributed by atoms with Gasteiger partial charge in [0.2, 0.25) is 5.91 Å². The zero-order valence-electron chi connectivity index (χ0n) is 11.6. The third-order valence-electron chi connectivity index (χ3n) is 4.10. The van der Waals surface area contributed by atoms with Crippen LogP contribution in [-0.2, 0) is 4.79 Å². The second kappa shape index (κ2) is 6.67. The predicted molar refractivity (Wildman–Crippen MR) is 76.4 cm³/mol. The lowest BCUT2D eigenvalue weighted by molar-refractivity contribution is -0.136. The Hall–Kier alpha value is -0.180. The Morgan fingerprint density at radius 3 is 2.59 bits per heavy atom. The summed E-state index contributed by atoms with van der Waals surface area (Å²) in [5, 5.41) is 0.299. The maximum atomic E-state index is 12.3. The standard InChI is InChI=1S/C14H27NOS/c1-5-12-7-6-8-13(12)15(4)14(16)10(2)9-11(3)17/h10-13,17H,5-9H2,1-4H3. The first-order valence-electron chi connectivity index (χ1n) is 6.92. The third kappa shape index (κ3) is 3.90. The van der Waals surface area contributed by atoms with Crippen molar-refractivity contribution in [1.29, 1.82) is 0 Å². The van der Waals surface area contributed by atoms with Crippen LogP contribution in [0.5, 0.6) is 0 Å². The van der Waals surface area contributed by atoms with Crippen LogP contribution in [0, 0.1) is 11.8 Å². The fraction of sp³-hybridized carbons (Fsp3) is 0.929. The largest absolute Gasteiger partial charge is 0.342 e. The minimum absolute atomic E-state index is 0.102. The van der Waals surface area contributed by atoms with Gasteiger partial charge in [-0.05, 0) is 30.4 Å². The van der Waals surface area contributed by atoms with E-state index >= 15 is 0 Å². The van der Waals surface area contributed by atoms with Crippen molar-refractivity contribution in [1.82, 2.24) is 4.90 Å². The second-order valence-electron chi connectivity index (χ2n) is 5.60. The van der Waals surface area contributed by atoms with Crippen LogP contribution in [0.4, 0.5) is 0 Å². The van der Waals surface area contributed by atoms with Gasteiger partial charge in [-0.15, -0.1) is 0 Å². The maximum Gasteiger partial charge on any atom is 0.225 e. The lowest BCUT2D eigenvalue weighted by Gasteiger charge is -2.31. The Bertz CT molecular complexity index is 255. The second-order valence-corrected chi connectivity index (χ2v) is 6.48. The fourth-order valence-electron chi connectivity index (χ4n) is 3.13. The zero-order chi connectivity index (χ0) is 13.0. The van der Waals surface area contributed by atoms with Crippen molar-refractivity contribution in [2.75, 3.05) is 7.05 Å². The molecule has 0 bridgehead atoms. The topological polar surface area (TPSA) is 20.3 Å². The van der Waals surface area contributed by atoms with Gasteiger partial charge in [0.1, 0.15) is 0 Å². The Labute approximate surface area is 112 Å². The number of rotatable bonds is 5. The van der Waals surface area contributed by atoms with Crippen molar-refractivity contribution in [3.63, 3.8) is 0 Å². The van der Waals surface area contributed by atoms with Crippen LogP contribution < -0.4 is 0 Å². The number of carbonyl (C=O) groups excluding carboxylic acids is 1. The van der Waals surface area contributed by atoms with E-state index in [1.807, 2.05) is 18.9 Å². The van der Waals surface area contributed by atoms with Crippen LogP contribution in [0.15, 0.2) is 0 Å². The van der Waals surface area contributed by atoms with E-state index in [9.17, 15) is 4.79 Å². The maximum absolute atomic E-state index is 12.3. The van der Waals surface area contributed by atoms with Gasteiger partial charge >= 0.3 is 0 Å². The highest BCUT2D eigenvalue weighted by molar-refractivity contribution is 7.80. The molecule has 4 atom stereocenters. The highest BCUT2D eigenvalue weighted by Gasteiger charge is 2.32. The van der Waals surface area contributed by atoms with Gasteiger partial charge in [0.05, 0.1) is 0 Å². The average Bonchev–Trinajstić information content (AvgIpc) is 2.73. The minimum atomic E-state index is 0.102. The van der Waals surface area contributed by atoms with Crippen molar-refractivity contribution < 1.29 is 4.79 Å². The van der Waals surface area contributed by atoms with Crippen LogP contribution in [0.25, 0.3) is 0 Å². The van der Waals surface area contributed by atoms with Gasteiger partial charge in [-0.1, -0.05) is 33.6 Å². The molecule has 1 aliphatic carbocycles. The molecule has 0 aromatic rings. The lowest BCUT2D eigenvalue weighted by Crippen LogP contribution is -2.42. The summed E-state index contributed by atoms with van der Waals surface area (Å²) in [6, 6.07) is 0.477. The van der Waals surface area contributed by atoms with Crippen molar-refractivity contribution in [3.05, 3.63) is 0 Å². The molecular formula is C14H27NOS. The van der Waals surface area contributed by atoms with Gasteiger partial charge in [0.15, 0.2) is 0 Å². The zero-order valence-corrected chi connectivity index (χ0v) is 12.5. The van der Waals surface area contributed by atoms with E-state index in [4.69, 9.17) is 0 Å². The summed E-state index contributed by atoms with van der Waals surface area (Å²) < 4.78 is 0. The van der Waals surface area contributed by atoms with Crippen molar-refractivity contribution >= 4 is 18.5 Å². The Morgan fingerprint density at radius 2 is 2.06 bits per heavy atom. The highest BCUT2D eigenvalue weighted by atomic mass is 32.1. The quantitative estimate of drug-likeness (QED) is 0.749. The Balaban J connectivity index is 2.56. The molecule has 1 aliphatic rings. The molecule has 100 valence electrons. The molecule has 0 saturated heterocycles. The normalized spacial score (nSPS) is 27.8. The van der Waals surface area contributed by atoms with Crippen LogP contribution in [0.3, 0.4) is 0 Å². The molecular weight excluding hydrogens is 230 g/mol. The van der Waals surface area contributed by atoms with Gasteiger partial charge in [-0.25, -0.2) is 0 Å². The first-order chi connectivity index (χ1) is 7.97. The summed E-state index contributed by atoms with van der Waals surface area (Å²) in [5.74, 6) is 1.12. The molecule has 3 heteroatoms. The van der Waals surface area contributed by atoms with Crippen LogP contribution in [0.1, 0.15) is 52.9 Å². The van der Waals surface area contributed by atoms with Crippen LogP contribution in [-0.4, -0.2) is 29.1 Å². The minimum Gasteiger partial charge on any atom is -0.342 e. The van der Waals surface area contributed by atoms with Crippen molar-refractivity contribution in [2.24, 2.45) is 11.8 Å². The summed E-state index contributed by atoms with van der Waals surface area (Å²) in [5.41, 5.74) is 0. The molecule has 0 aromatic carbocycles. The van der Waals surface area contributed by atoms with Crippen molar-refractivity contribution in [2.45, 2.75) is 64.2 Å². The molecule has 0 N–H and O–H groups in total. The highest BCUT2D eigenvalue weighted by Crippen LogP contribution is 2.32. The number of nitrogens with zero attached hydrogens (tertiary/aromatic N) is 1. The smallest absolute Gasteiger partial charge is 0.225 e. The Morgan fingerprint density at radius 1 is 1.41 bits per heavy atom. The summed E-state index contributed by atoms with van der Waals surface area (Å²) in [6.07, 6.45) is 5.81. The molecule has 0 aromatic heterocycles. The van der Waals surface area contributed by atoms with E-state index in [2.05, 4.69) is 26.5 Å². The third-order valence-corrected chi connectivity index (χ3v) is 4.32. The molecule has 4 unspecified atom stereocenters. The SMILES string of the molecule is CCC1CCCC1N(C)C(=O)C(C)CC(C)S. The fourth-order valence-corrected chi connectivity index (χ4v) is 3.44. The van der Waals surface area contributed by atoms with Gasteiger partial charge in [0, 0.05) is 19.0 Å². The van der Waals surface area contributed by atoms with E-state index in [0.717, 1.165) is 6.42 Å². The first kappa shape index (κ1) is 14.9. The summed E-state index contributed by atoms with van der Waals surface area (Å²) in [4.78, 5) is 14.3. The lowest BCUT2D eigenvalue weighted by atomic mass is 9.97. The molecule has 0 aliphatic heterocycles. The average molecular weight is 257 g/mol. The van der Waals surface area contributed by atoms with E-state index in [1.165, 1.54) is 25.7 Å². The molecule has 17 heavy (non-hydrogen) atoms. The molecule has 0 spiro atoms. The molecule has 2 nitrogen and oxygen atoms in total. The predicted octanol–water partition coefficient (Wildman–Crippen LogP) is 3.37. The monoisotopic (exact) mass is 257 g/mol. The van der Waals surface area contributed by atoms with Gasteiger partial charge in [-0.2, -0.15) is 12.6 Å². The van der Waals surface area contributed by atoms with Gasteiger partial charge in [0.25, 0.3) is 0 Å². The molecule has 0 radical (unpaired) electrons. The number of carbonyl (C=O) groups is 1. The van der Waals surface area contributed by atoms with E-state index < -0.39 is 0 Å². The van der Waals surface area contributed by atoms with Crippen LogP contribution >= 0.6 is 12.6 Å². The van der Waals surface area contributed by atoms with E-state index in [0.29, 0.717) is 23.1 Å². The molecule has 1 rings (SSSR count). The number of thiol groups is 1. The number of hydrogen-bond acceptors (Lipinski definition) is 2. The summed E-state index contributed by atoms with van der Waals surface area (Å²) in [6.45, 7) is 6.32. The van der Waals surface area contributed by atoms with Crippen molar-refractivity contribution in [3.8, 4) is 0 Å². The number of amides is 1. The first-order valence-corrected chi connectivity index (χ1v) is 7.43. The molecule has 1 amide bonds. The summed E-state index contributed by atoms with van der Waals surface area (Å²) in [7, 11) is 1.99. The van der Waals surface area contributed by atoms with E-state index in [1.54, 1.807) is 0 Å². The van der Waals surface area contributed by atoms with Gasteiger partial charge in [-0.3, -0.25) is 4.79 Å². The van der Waals surface area contributed by atoms with E-state index in [-0.39, 0.29) is 5.92 Å². The number of hydrogen-bond donors (Lipinski definition) is 1. The van der Waals surface area contributed by atoms with Crippen LogP contribution in [0.2, 0.25) is 0 Å². The molecule has 1 saturated carbocycles. The van der Waals surface area contributed by atoms with Gasteiger partial charge < -0.3 is 4.90 Å². The molecule has 0 heterocycles. The Kier molecular flexibility index (Phi) is 5.84.